The van der Waals surface area contributed by atoms with E-state index >= 15 is 0 Å². The van der Waals surface area contributed by atoms with Crippen molar-refractivity contribution >= 4 is 12.0 Å². The van der Waals surface area contributed by atoms with E-state index in [1.165, 1.54) is 7.11 Å². The summed E-state index contributed by atoms with van der Waals surface area (Å²) < 4.78 is 15.5. The molecule has 0 aliphatic carbocycles. The van der Waals surface area contributed by atoms with Gasteiger partial charge in [-0.05, 0) is 26.3 Å². The van der Waals surface area contributed by atoms with Gasteiger partial charge in [0.25, 0.3) is 0 Å². The molecule has 1 atom stereocenters. The van der Waals surface area contributed by atoms with Crippen LogP contribution in [0.25, 0.3) is 0 Å². The van der Waals surface area contributed by atoms with Crippen LogP contribution >= 0.6 is 0 Å². The van der Waals surface area contributed by atoms with Crippen LogP contribution < -0.4 is 10.6 Å². The largest absolute Gasteiger partial charge is 0.444 e. The summed E-state index contributed by atoms with van der Waals surface area (Å²) in [7, 11) is 1.46. The van der Waals surface area contributed by atoms with Crippen molar-refractivity contribution in [1.82, 2.24) is 10.6 Å². The number of alkyl carbamates (subject to hydrolysis) is 1. The number of benzene rings is 1. The van der Waals surface area contributed by atoms with Crippen LogP contribution in [0.5, 0.6) is 0 Å². The lowest BCUT2D eigenvalue weighted by atomic mass is 10.2. The summed E-state index contributed by atoms with van der Waals surface area (Å²) in [6.07, 6.45) is -0.677. The predicted molar refractivity (Wildman–Crippen MR) is 89.3 cm³/mol. The summed E-state index contributed by atoms with van der Waals surface area (Å²) in [5, 5.41) is 5.05. The maximum atomic E-state index is 12.1. The normalized spacial score (nSPS) is 12.3. The molecule has 0 radical (unpaired) electrons. The van der Waals surface area contributed by atoms with Crippen molar-refractivity contribution in [3.8, 4) is 0 Å². The number of methoxy groups -OCH3 is 1. The topological polar surface area (TPSA) is 85.9 Å². The minimum atomic E-state index is -0.876. The van der Waals surface area contributed by atoms with E-state index in [0.717, 1.165) is 5.56 Å². The maximum Gasteiger partial charge on any atom is 0.408 e. The number of hydrogen-bond donors (Lipinski definition) is 2. The quantitative estimate of drug-likeness (QED) is 0.706. The van der Waals surface area contributed by atoms with Gasteiger partial charge in [-0.25, -0.2) is 4.79 Å². The molecule has 0 aliphatic heterocycles. The lowest BCUT2D eigenvalue weighted by molar-refractivity contribution is -0.126. The van der Waals surface area contributed by atoms with E-state index < -0.39 is 23.6 Å². The smallest absolute Gasteiger partial charge is 0.408 e. The number of carbonyl (C=O) groups excluding carboxylic acids is 2. The van der Waals surface area contributed by atoms with Gasteiger partial charge in [0, 0.05) is 7.11 Å². The van der Waals surface area contributed by atoms with Gasteiger partial charge in [-0.1, -0.05) is 30.3 Å². The van der Waals surface area contributed by atoms with Gasteiger partial charge in [-0.3, -0.25) is 4.79 Å². The van der Waals surface area contributed by atoms with E-state index in [0.29, 0.717) is 6.61 Å². The number of rotatable bonds is 8. The third kappa shape index (κ3) is 8.50. The monoisotopic (exact) mass is 338 g/mol. The number of amides is 2. The molecule has 24 heavy (non-hydrogen) atoms. The Hall–Kier alpha value is -2.12. The summed E-state index contributed by atoms with van der Waals surface area (Å²) in [4.78, 5) is 24.0. The highest BCUT2D eigenvalue weighted by Gasteiger charge is 2.24. The fourth-order valence-electron chi connectivity index (χ4n) is 1.77. The SMILES string of the molecule is COCNC(=O)[C@H](COCc1ccccc1)NC(=O)OC(C)(C)C. The van der Waals surface area contributed by atoms with Crippen LogP contribution in [0, 0.1) is 0 Å². The summed E-state index contributed by atoms with van der Waals surface area (Å²) >= 11 is 0. The van der Waals surface area contributed by atoms with Crippen molar-refractivity contribution in [2.45, 2.75) is 39.0 Å². The summed E-state index contributed by atoms with van der Waals surface area (Å²) in [6, 6.07) is 8.68. The van der Waals surface area contributed by atoms with E-state index in [-0.39, 0.29) is 13.3 Å². The van der Waals surface area contributed by atoms with Crippen molar-refractivity contribution in [2.75, 3.05) is 20.4 Å². The van der Waals surface area contributed by atoms with E-state index in [4.69, 9.17) is 14.2 Å². The van der Waals surface area contributed by atoms with Crippen molar-refractivity contribution in [1.29, 1.82) is 0 Å². The van der Waals surface area contributed by atoms with Gasteiger partial charge < -0.3 is 24.8 Å². The lowest BCUT2D eigenvalue weighted by Gasteiger charge is -2.23. The molecule has 0 aromatic heterocycles. The molecule has 7 nitrogen and oxygen atoms in total. The molecule has 0 saturated carbocycles. The Morgan fingerprint density at radius 3 is 2.42 bits per heavy atom. The van der Waals surface area contributed by atoms with Crippen LogP contribution in [0.4, 0.5) is 4.79 Å². The first-order valence-electron chi connectivity index (χ1n) is 7.69. The van der Waals surface area contributed by atoms with Crippen molar-refractivity contribution < 1.29 is 23.8 Å². The van der Waals surface area contributed by atoms with Gasteiger partial charge in [-0.2, -0.15) is 0 Å². The van der Waals surface area contributed by atoms with E-state index in [9.17, 15) is 9.59 Å². The van der Waals surface area contributed by atoms with Gasteiger partial charge in [0.15, 0.2) is 0 Å². The van der Waals surface area contributed by atoms with Gasteiger partial charge in [-0.15, -0.1) is 0 Å². The molecule has 0 aliphatic rings. The molecule has 0 fully saturated rings. The number of hydrogen-bond acceptors (Lipinski definition) is 5. The second-order valence-electron chi connectivity index (χ2n) is 6.17. The number of ether oxygens (including phenoxy) is 3. The Balaban J connectivity index is 2.56. The number of carbonyl (C=O) groups is 2. The first-order chi connectivity index (χ1) is 11.3. The van der Waals surface area contributed by atoms with Crippen LogP contribution in [0.15, 0.2) is 30.3 Å². The first-order valence-corrected chi connectivity index (χ1v) is 7.69. The van der Waals surface area contributed by atoms with Crippen LogP contribution in [0.1, 0.15) is 26.3 Å². The van der Waals surface area contributed by atoms with E-state index in [1.807, 2.05) is 30.3 Å². The molecule has 1 rings (SSSR count). The highest BCUT2D eigenvalue weighted by Crippen LogP contribution is 2.07. The number of nitrogens with one attached hydrogen (secondary N) is 2. The van der Waals surface area contributed by atoms with Gasteiger partial charge >= 0.3 is 6.09 Å². The zero-order chi connectivity index (χ0) is 18.0. The van der Waals surface area contributed by atoms with E-state index in [1.54, 1.807) is 20.8 Å². The molecule has 2 N–H and O–H groups in total. The maximum absolute atomic E-state index is 12.1. The Morgan fingerprint density at radius 1 is 1.17 bits per heavy atom. The molecule has 1 aromatic rings. The highest BCUT2D eigenvalue weighted by atomic mass is 16.6. The average molecular weight is 338 g/mol. The molecule has 134 valence electrons. The predicted octanol–water partition coefficient (Wildman–Crippen LogP) is 1.82. The average Bonchev–Trinajstić information content (AvgIpc) is 2.51. The molecular weight excluding hydrogens is 312 g/mol. The van der Waals surface area contributed by atoms with Crippen molar-refractivity contribution in [2.24, 2.45) is 0 Å². The minimum absolute atomic E-state index is 0.0175. The second-order valence-corrected chi connectivity index (χ2v) is 6.17. The third-order valence-electron chi connectivity index (χ3n) is 2.79. The molecule has 0 bridgehead atoms. The summed E-state index contributed by atoms with van der Waals surface area (Å²) in [5.74, 6) is -0.407. The van der Waals surface area contributed by atoms with Gasteiger partial charge in [0.2, 0.25) is 5.91 Å². The van der Waals surface area contributed by atoms with Crippen LogP contribution in [-0.4, -0.2) is 44.1 Å². The van der Waals surface area contributed by atoms with Crippen LogP contribution in [0.3, 0.4) is 0 Å². The molecule has 0 unspecified atom stereocenters. The van der Waals surface area contributed by atoms with Crippen LogP contribution in [-0.2, 0) is 25.6 Å². The third-order valence-corrected chi connectivity index (χ3v) is 2.79. The van der Waals surface area contributed by atoms with Crippen LogP contribution in [0.2, 0.25) is 0 Å². The zero-order valence-electron chi connectivity index (χ0n) is 14.6. The highest BCUT2D eigenvalue weighted by molar-refractivity contribution is 5.85. The van der Waals surface area contributed by atoms with Gasteiger partial charge in [0.1, 0.15) is 18.4 Å². The Bertz CT molecular complexity index is 513. The fourth-order valence-corrected chi connectivity index (χ4v) is 1.77. The Morgan fingerprint density at radius 2 is 1.83 bits per heavy atom. The molecule has 0 spiro atoms. The molecule has 0 saturated heterocycles. The van der Waals surface area contributed by atoms with E-state index in [2.05, 4.69) is 10.6 Å². The molecule has 0 heterocycles. The lowest BCUT2D eigenvalue weighted by Crippen LogP contribution is -2.50. The Labute approximate surface area is 142 Å². The summed E-state index contributed by atoms with van der Waals surface area (Å²) in [6.45, 7) is 5.65. The summed E-state index contributed by atoms with van der Waals surface area (Å²) in [5.41, 5.74) is 0.327. The Kier molecular flexibility index (Phi) is 8.21. The van der Waals surface area contributed by atoms with Gasteiger partial charge in [0.05, 0.1) is 13.2 Å². The minimum Gasteiger partial charge on any atom is -0.444 e. The molecule has 7 heteroatoms. The molecular formula is C17H26N2O5. The second kappa shape index (κ2) is 9.89. The van der Waals surface area contributed by atoms with Crippen molar-refractivity contribution in [3.63, 3.8) is 0 Å². The fraction of sp³-hybridized carbons (Fsp3) is 0.529. The molecule has 2 amide bonds. The van der Waals surface area contributed by atoms with Crippen molar-refractivity contribution in [3.05, 3.63) is 35.9 Å². The molecule has 1 aromatic carbocycles. The zero-order valence-corrected chi connectivity index (χ0v) is 14.6. The standard InChI is InChI=1S/C17H26N2O5/c1-17(2,3)24-16(21)19-14(15(20)18-12-22-4)11-23-10-13-8-6-5-7-9-13/h5-9,14H,10-12H2,1-4H3,(H,18,20)(H,19,21)/t14-/m0/s1. The first kappa shape index (κ1) is 19.9.